The molecule has 0 unspecified atom stereocenters. The van der Waals surface area contributed by atoms with Crippen LogP contribution in [0, 0.1) is 0 Å². The lowest BCUT2D eigenvalue weighted by atomic mass is 10.2. The summed E-state index contributed by atoms with van der Waals surface area (Å²) in [4.78, 5) is 14.9. The van der Waals surface area contributed by atoms with Crippen LogP contribution in [0.3, 0.4) is 0 Å². The number of ether oxygens (including phenoxy) is 2. The first-order chi connectivity index (χ1) is 16.4. The number of sulfonamides is 1. The fourth-order valence-electron chi connectivity index (χ4n) is 4.15. The average Bonchev–Trinajstić information content (AvgIpc) is 3.28. The number of hydrogen-bond donors (Lipinski definition) is 2. The summed E-state index contributed by atoms with van der Waals surface area (Å²) in [5, 5.41) is 3.21. The second-order valence-corrected chi connectivity index (χ2v) is 9.91. The quantitative estimate of drug-likeness (QED) is 0.560. The van der Waals surface area contributed by atoms with E-state index in [2.05, 4.69) is 10.0 Å². The largest absolute Gasteiger partial charge is 0.486 e. The molecule has 0 aromatic heterocycles. The smallest absolute Gasteiger partial charge is 0.262 e. The number of nitrogens with one attached hydrogen (secondary N) is 2. The number of amides is 1. The summed E-state index contributed by atoms with van der Waals surface area (Å²) in [5.74, 6) is 0.933. The Labute approximate surface area is 198 Å². The number of fused-ring (bicyclic) bond motifs is 2. The van der Waals surface area contributed by atoms with Gasteiger partial charge in [0.25, 0.3) is 10.0 Å². The van der Waals surface area contributed by atoms with Gasteiger partial charge in [-0.25, -0.2) is 8.42 Å². The molecule has 176 valence electrons. The van der Waals surface area contributed by atoms with Crippen LogP contribution in [0.15, 0.2) is 71.6 Å². The zero-order chi connectivity index (χ0) is 23.7. The molecule has 1 atom stereocenters. The van der Waals surface area contributed by atoms with Crippen molar-refractivity contribution in [2.24, 2.45) is 0 Å². The lowest BCUT2D eigenvalue weighted by Crippen LogP contribution is -2.40. The zero-order valence-corrected chi connectivity index (χ0v) is 19.5. The molecule has 2 aliphatic heterocycles. The highest BCUT2D eigenvalue weighted by molar-refractivity contribution is 7.92. The predicted molar refractivity (Wildman–Crippen MR) is 130 cm³/mol. The van der Waals surface area contributed by atoms with Gasteiger partial charge in [0.15, 0.2) is 11.5 Å². The van der Waals surface area contributed by atoms with Crippen molar-refractivity contribution in [1.82, 2.24) is 0 Å². The van der Waals surface area contributed by atoms with E-state index in [-0.39, 0.29) is 10.8 Å². The molecule has 0 radical (unpaired) electrons. The number of anilines is 3. The van der Waals surface area contributed by atoms with Gasteiger partial charge in [-0.3, -0.25) is 9.52 Å². The molecule has 1 amide bonds. The topological polar surface area (TPSA) is 97.0 Å². The molecule has 34 heavy (non-hydrogen) atoms. The highest BCUT2D eigenvalue weighted by Gasteiger charge is 2.27. The maximum Gasteiger partial charge on any atom is 0.262 e. The first-order valence-corrected chi connectivity index (χ1v) is 12.6. The lowest BCUT2D eigenvalue weighted by molar-refractivity contribution is -0.118. The Kier molecular flexibility index (Phi) is 5.79. The Balaban J connectivity index is 1.24. The van der Waals surface area contributed by atoms with Crippen molar-refractivity contribution in [3.05, 3.63) is 72.3 Å². The maximum atomic E-state index is 13.0. The number of hydrogen-bond acceptors (Lipinski definition) is 6. The Morgan fingerprint density at radius 2 is 1.65 bits per heavy atom. The monoisotopic (exact) mass is 479 g/mol. The molecule has 0 saturated carbocycles. The number of carbonyl (C=O) groups excluding carboxylic acids is 1. The fraction of sp³-hybridized carbons (Fsp3) is 0.240. The van der Waals surface area contributed by atoms with Gasteiger partial charge >= 0.3 is 0 Å². The standard InChI is InChI=1S/C25H25N3O5S/c1-17(25(29)28-13-12-18-4-2-3-5-22(18)28)26-19-6-8-20(9-7-19)27-34(30,31)21-10-11-23-24(16-21)33-15-14-32-23/h2-11,16-17,26-27H,12-15H2,1H3/t17-/m1/s1. The van der Waals surface area contributed by atoms with Crippen LogP contribution in [0.25, 0.3) is 0 Å². The van der Waals surface area contributed by atoms with Crippen LogP contribution in [0.2, 0.25) is 0 Å². The second kappa shape index (κ2) is 8.90. The third kappa shape index (κ3) is 4.38. The van der Waals surface area contributed by atoms with Crippen LogP contribution in [0.1, 0.15) is 12.5 Å². The highest BCUT2D eigenvalue weighted by Crippen LogP contribution is 2.33. The predicted octanol–water partition coefficient (Wildman–Crippen LogP) is 3.65. The van der Waals surface area contributed by atoms with Crippen LogP contribution in [-0.4, -0.2) is 40.1 Å². The third-order valence-corrected chi connectivity index (χ3v) is 7.25. The number of nitrogens with zero attached hydrogens (tertiary/aromatic N) is 1. The lowest BCUT2D eigenvalue weighted by Gasteiger charge is -2.23. The van der Waals surface area contributed by atoms with E-state index in [9.17, 15) is 13.2 Å². The number of rotatable bonds is 6. The SMILES string of the molecule is C[C@@H](Nc1ccc(NS(=O)(=O)c2ccc3c(c2)OCCO3)cc1)C(=O)N1CCc2ccccc21. The number of para-hydroxylation sites is 1. The first kappa shape index (κ1) is 22.1. The van der Waals surface area contributed by atoms with Gasteiger partial charge in [-0.05, 0) is 61.4 Å². The summed E-state index contributed by atoms with van der Waals surface area (Å²) in [5.41, 5.74) is 3.27. The van der Waals surface area contributed by atoms with Crippen molar-refractivity contribution in [3.8, 4) is 11.5 Å². The van der Waals surface area contributed by atoms with Gasteiger partial charge in [0.1, 0.15) is 19.3 Å². The summed E-state index contributed by atoms with van der Waals surface area (Å²) < 4.78 is 39.1. The molecule has 0 spiro atoms. The van der Waals surface area contributed by atoms with Crippen LogP contribution in [0.4, 0.5) is 17.1 Å². The summed E-state index contributed by atoms with van der Waals surface area (Å²) in [6, 6.07) is 18.8. The van der Waals surface area contributed by atoms with E-state index in [1.54, 1.807) is 30.3 Å². The van der Waals surface area contributed by atoms with Crippen molar-refractivity contribution >= 4 is 33.0 Å². The van der Waals surface area contributed by atoms with Crippen LogP contribution in [-0.2, 0) is 21.2 Å². The molecule has 3 aromatic rings. The van der Waals surface area contributed by atoms with Crippen LogP contribution in [0.5, 0.6) is 11.5 Å². The fourth-order valence-corrected chi connectivity index (χ4v) is 5.23. The molecule has 9 heteroatoms. The molecule has 3 aromatic carbocycles. The summed E-state index contributed by atoms with van der Waals surface area (Å²) in [6.07, 6.45) is 0.854. The maximum absolute atomic E-state index is 13.0. The van der Waals surface area contributed by atoms with Gasteiger partial charge in [0.2, 0.25) is 5.91 Å². The van der Waals surface area contributed by atoms with Crippen molar-refractivity contribution in [2.75, 3.05) is 34.7 Å². The van der Waals surface area contributed by atoms with E-state index >= 15 is 0 Å². The number of benzene rings is 3. The summed E-state index contributed by atoms with van der Waals surface area (Å²) in [7, 11) is -3.80. The normalized spacial score (nSPS) is 15.4. The van der Waals surface area contributed by atoms with E-state index < -0.39 is 16.1 Å². The van der Waals surface area contributed by atoms with E-state index in [1.165, 1.54) is 17.7 Å². The average molecular weight is 480 g/mol. The molecular formula is C25H25N3O5S. The van der Waals surface area contributed by atoms with Gasteiger partial charge < -0.3 is 19.7 Å². The Morgan fingerprint density at radius 3 is 2.44 bits per heavy atom. The highest BCUT2D eigenvalue weighted by atomic mass is 32.2. The Morgan fingerprint density at radius 1 is 0.941 bits per heavy atom. The van der Waals surface area contributed by atoms with E-state index in [0.717, 1.165) is 17.8 Å². The molecule has 2 aliphatic rings. The summed E-state index contributed by atoms with van der Waals surface area (Å²) >= 11 is 0. The van der Waals surface area contributed by atoms with E-state index in [1.807, 2.05) is 36.1 Å². The molecule has 0 bridgehead atoms. The zero-order valence-electron chi connectivity index (χ0n) is 18.7. The van der Waals surface area contributed by atoms with Crippen molar-refractivity contribution in [3.63, 3.8) is 0 Å². The van der Waals surface area contributed by atoms with E-state index in [0.29, 0.717) is 36.9 Å². The Bertz CT molecular complexity index is 1320. The Hall–Kier alpha value is -3.72. The first-order valence-electron chi connectivity index (χ1n) is 11.1. The number of carbonyl (C=O) groups is 1. The van der Waals surface area contributed by atoms with Gasteiger partial charge in [-0.1, -0.05) is 18.2 Å². The van der Waals surface area contributed by atoms with Crippen LogP contribution >= 0.6 is 0 Å². The molecule has 8 nitrogen and oxygen atoms in total. The van der Waals surface area contributed by atoms with Gasteiger partial charge in [0, 0.05) is 29.7 Å². The molecule has 0 saturated heterocycles. The summed E-state index contributed by atoms with van der Waals surface area (Å²) in [6.45, 7) is 3.31. The third-order valence-electron chi connectivity index (χ3n) is 5.87. The minimum absolute atomic E-state index is 0.00617. The van der Waals surface area contributed by atoms with Crippen LogP contribution < -0.4 is 24.4 Å². The molecule has 0 aliphatic carbocycles. The van der Waals surface area contributed by atoms with E-state index in [4.69, 9.17) is 9.47 Å². The molecule has 0 fully saturated rings. The van der Waals surface area contributed by atoms with Crippen molar-refractivity contribution < 1.29 is 22.7 Å². The van der Waals surface area contributed by atoms with Gasteiger partial charge in [-0.15, -0.1) is 0 Å². The molecule has 5 rings (SSSR count). The minimum atomic E-state index is -3.80. The van der Waals surface area contributed by atoms with Gasteiger partial charge in [-0.2, -0.15) is 0 Å². The van der Waals surface area contributed by atoms with Gasteiger partial charge in [0.05, 0.1) is 4.90 Å². The molecular weight excluding hydrogens is 454 g/mol. The molecule has 2 N–H and O–H groups in total. The van der Waals surface area contributed by atoms with Crippen molar-refractivity contribution in [1.29, 1.82) is 0 Å². The minimum Gasteiger partial charge on any atom is -0.486 e. The molecule has 2 heterocycles. The second-order valence-electron chi connectivity index (χ2n) is 8.22. The van der Waals surface area contributed by atoms with Crippen molar-refractivity contribution in [2.45, 2.75) is 24.3 Å².